The van der Waals surface area contributed by atoms with Crippen molar-refractivity contribution in [3.63, 3.8) is 0 Å². The maximum absolute atomic E-state index is 12.2. The number of thiazole rings is 1. The van der Waals surface area contributed by atoms with Crippen LogP contribution >= 0.6 is 11.3 Å². The largest absolute Gasteiger partial charge is 0.394 e. The van der Waals surface area contributed by atoms with Gasteiger partial charge in [0.25, 0.3) is 5.91 Å². The van der Waals surface area contributed by atoms with Gasteiger partial charge in [0.05, 0.1) is 12.1 Å². The number of anilines is 2. The summed E-state index contributed by atoms with van der Waals surface area (Å²) in [6.07, 6.45) is 0. The average molecular weight is 341 g/mol. The number of carbonyl (C=O) groups excluding carboxylic acids is 1. The van der Waals surface area contributed by atoms with Crippen molar-refractivity contribution in [2.75, 3.05) is 11.9 Å². The molecule has 124 valence electrons. The second-order valence-electron chi connectivity index (χ2n) is 6.19. The summed E-state index contributed by atoms with van der Waals surface area (Å²) in [6, 6.07) is 14.1. The Balaban J connectivity index is 1.80. The number of aliphatic hydroxyl groups excluding tert-OH is 1. The number of nitrogens with one attached hydrogen (secondary N) is 2. The highest BCUT2D eigenvalue weighted by molar-refractivity contribution is 7.14. The van der Waals surface area contributed by atoms with Gasteiger partial charge in [0.1, 0.15) is 5.69 Å². The van der Waals surface area contributed by atoms with E-state index in [-0.39, 0.29) is 12.5 Å². The summed E-state index contributed by atoms with van der Waals surface area (Å²) in [4.78, 5) is 16.5. The summed E-state index contributed by atoms with van der Waals surface area (Å²) >= 11 is 1.37. The molecule has 2 aromatic carbocycles. The maximum atomic E-state index is 12.2. The van der Waals surface area contributed by atoms with Gasteiger partial charge in [-0.25, -0.2) is 4.98 Å². The van der Waals surface area contributed by atoms with Crippen LogP contribution in [0.4, 0.5) is 10.8 Å². The number of hydrogen-bond acceptors (Lipinski definition) is 5. The van der Waals surface area contributed by atoms with Crippen LogP contribution < -0.4 is 10.6 Å². The number of benzene rings is 2. The second-order valence-corrected chi connectivity index (χ2v) is 7.04. The van der Waals surface area contributed by atoms with E-state index in [0.717, 1.165) is 16.5 Å². The quantitative estimate of drug-likeness (QED) is 0.663. The number of rotatable bonds is 5. The molecule has 0 aliphatic rings. The number of fused-ring (bicyclic) bond motifs is 1. The van der Waals surface area contributed by atoms with Crippen LogP contribution in [-0.4, -0.2) is 28.1 Å². The minimum Gasteiger partial charge on any atom is -0.394 e. The number of nitrogens with zero attached hydrogens (tertiary/aromatic N) is 1. The van der Waals surface area contributed by atoms with Gasteiger partial charge in [0.15, 0.2) is 5.13 Å². The number of aromatic nitrogens is 1. The van der Waals surface area contributed by atoms with E-state index in [4.69, 9.17) is 0 Å². The van der Waals surface area contributed by atoms with Crippen LogP contribution in [0.3, 0.4) is 0 Å². The van der Waals surface area contributed by atoms with Gasteiger partial charge in [-0.1, -0.05) is 36.4 Å². The zero-order valence-electron chi connectivity index (χ0n) is 13.5. The third-order valence-electron chi connectivity index (χ3n) is 3.62. The molecule has 1 heterocycles. The molecule has 3 N–H and O–H groups in total. The van der Waals surface area contributed by atoms with Gasteiger partial charge in [0.2, 0.25) is 0 Å². The summed E-state index contributed by atoms with van der Waals surface area (Å²) in [5, 5.41) is 19.9. The zero-order valence-corrected chi connectivity index (χ0v) is 14.4. The van der Waals surface area contributed by atoms with Gasteiger partial charge in [-0.05, 0) is 25.3 Å². The second kappa shape index (κ2) is 6.59. The number of hydrogen-bond donors (Lipinski definition) is 3. The Morgan fingerprint density at radius 1 is 1.21 bits per heavy atom. The molecule has 3 rings (SSSR count). The molecule has 0 atom stereocenters. The Morgan fingerprint density at radius 2 is 1.96 bits per heavy atom. The number of aliphatic hydroxyl groups is 1. The van der Waals surface area contributed by atoms with Crippen molar-refractivity contribution < 1.29 is 9.90 Å². The Kier molecular flexibility index (Phi) is 4.51. The minimum atomic E-state index is -0.677. The van der Waals surface area contributed by atoms with Crippen molar-refractivity contribution in [2.24, 2.45) is 0 Å². The van der Waals surface area contributed by atoms with Gasteiger partial charge < -0.3 is 15.7 Å². The summed E-state index contributed by atoms with van der Waals surface area (Å²) in [6.45, 7) is 3.38. The van der Waals surface area contributed by atoms with Crippen molar-refractivity contribution in [1.29, 1.82) is 0 Å². The van der Waals surface area contributed by atoms with Crippen molar-refractivity contribution in [3.8, 4) is 0 Å². The lowest BCUT2D eigenvalue weighted by Gasteiger charge is -2.22. The molecule has 24 heavy (non-hydrogen) atoms. The van der Waals surface area contributed by atoms with E-state index in [0.29, 0.717) is 10.8 Å². The molecule has 1 aromatic heterocycles. The predicted molar refractivity (Wildman–Crippen MR) is 98.0 cm³/mol. The highest BCUT2D eigenvalue weighted by Gasteiger charge is 2.21. The Hall–Kier alpha value is -2.44. The molecule has 0 aliphatic heterocycles. The molecule has 0 unspecified atom stereocenters. The van der Waals surface area contributed by atoms with Gasteiger partial charge in [-0.15, -0.1) is 11.3 Å². The Labute approximate surface area is 144 Å². The summed E-state index contributed by atoms with van der Waals surface area (Å²) in [5.41, 5.74) is 0.610. The fraction of sp³-hybridized carbons (Fsp3) is 0.222. The van der Waals surface area contributed by atoms with Gasteiger partial charge >= 0.3 is 0 Å². The molecule has 0 saturated heterocycles. The average Bonchev–Trinajstić information content (AvgIpc) is 3.04. The van der Waals surface area contributed by atoms with E-state index in [1.54, 1.807) is 19.2 Å². The third kappa shape index (κ3) is 3.55. The molecule has 0 radical (unpaired) electrons. The standard InChI is InChI=1S/C18H19N3O2S/c1-18(2,11-22)21-16(23)15-10-24-17(20-15)19-14-9-5-7-12-6-3-4-8-13(12)14/h3-10,22H,11H2,1-2H3,(H,19,20)(H,21,23). The van der Waals surface area contributed by atoms with Crippen LogP contribution in [0.5, 0.6) is 0 Å². The smallest absolute Gasteiger partial charge is 0.271 e. The van der Waals surface area contributed by atoms with E-state index in [1.165, 1.54) is 11.3 Å². The van der Waals surface area contributed by atoms with Gasteiger partial charge in [-0.3, -0.25) is 4.79 Å². The number of amides is 1. The van der Waals surface area contributed by atoms with Crippen molar-refractivity contribution in [3.05, 3.63) is 53.5 Å². The Morgan fingerprint density at radius 3 is 2.75 bits per heavy atom. The molecule has 1 amide bonds. The predicted octanol–water partition coefficient (Wildman–Crippen LogP) is 3.54. The first-order chi connectivity index (χ1) is 11.5. The van der Waals surface area contributed by atoms with Crippen LogP contribution in [0, 0.1) is 0 Å². The van der Waals surface area contributed by atoms with Crippen molar-refractivity contribution >= 4 is 38.8 Å². The minimum absolute atomic E-state index is 0.135. The molecule has 0 fully saturated rings. The molecule has 0 saturated carbocycles. The highest BCUT2D eigenvalue weighted by Crippen LogP contribution is 2.27. The molecular weight excluding hydrogens is 322 g/mol. The van der Waals surface area contributed by atoms with E-state index >= 15 is 0 Å². The lowest BCUT2D eigenvalue weighted by Crippen LogP contribution is -2.46. The summed E-state index contributed by atoms with van der Waals surface area (Å²) in [7, 11) is 0. The molecular formula is C18H19N3O2S. The first-order valence-electron chi connectivity index (χ1n) is 7.62. The fourth-order valence-corrected chi connectivity index (χ4v) is 3.00. The Bertz CT molecular complexity index is 868. The maximum Gasteiger partial charge on any atom is 0.271 e. The first-order valence-corrected chi connectivity index (χ1v) is 8.50. The lowest BCUT2D eigenvalue weighted by atomic mass is 10.1. The SMILES string of the molecule is CC(C)(CO)NC(=O)c1csc(Nc2cccc3ccccc23)n1. The van der Waals surface area contributed by atoms with Gasteiger partial charge in [0, 0.05) is 16.5 Å². The van der Waals surface area contributed by atoms with Crippen LogP contribution in [0.25, 0.3) is 10.8 Å². The van der Waals surface area contributed by atoms with E-state index < -0.39 is 5.54 Å². The fourth-order valence-electron chi connectivity index (χ4n) is 2.30. The lowest BCUT2D eigenvalue weighted by molar-refractivity contribution is 0.0865. The van der Waals surface area contributed by atoms with Crippen LogP contribution in [0.15, 0.2) is 47.8 Å². The third-order valence-corrected chi connectivity index (χ3v) is 4.37. The van der Waals surface area contributed by atoms with Crippen molar-refractivity contribution in [2.45, 2.75) is 19.4 Å². The normalized spacial score (nSPS) is 11.5. The molecule has 0 spiro atoms. The summed E-state index contributed by atoms with van der Waals surface area (Å²) in [5.74, 6) is -0.295. The topological polar surface area (TPSA) is 74.2 Å². The zero-order chi connectivity index (χ0) is 17.2. The molecule has 6 heteroatoms. The molecule has 0 aliphatic carbocycles. The van der Waals surface area contributed by atoms with Crippen LogP contribution in [0.1, 0.15) is 24.3 Å². The van der Waals surface area contributed by atoms with E-state index in [2.05, 4.69) is 27.8 Å². The summed E-state index contributed by atoms with van der Waals surface area (Å²) < 4.78 is 0. The molecule has 0 bridgehead atoms. The van der Waals surface area contributed by atoms with Gasteiger partial charge in [-0.2, -0.15) is 0 Å². The monoisotopic (exact) mass is 341 g/mol. The molecule has 5 nitrogen and oxygen atoms in total. The van der Waals surface area contributed by atoms with Crippen LogP contribution in [0.2, 0.25) is 0 Å². The first kappa shape index (κ1) is 16.4. The van der Waals surface area contributed by atoms with Crippen molar-refractivity contribution in [1.82, 2.24) is 10.3 Å². The highest BCUT2D eigenvalue weighted by atomic mass is 32.1. The van der Waals surface area contributed by atoms with Crippen LogP contribution in [-0.2, 0) is 0 Å². The molecule has 3 aromatic rings. The number of carbonyl (C=O) groups is 1. The van der Waals surface area contributed by atoms with E-state index in [9.17, 15) is 9.90 Å². The van der Waals surface area contributed by atoms with E-state index in [1.807, 2.05) is 30.3 Å².